The highest BCUT2D eigenvalue weighted by Gasteiger charge is 2.17. The van der Waals surface area contributed by atoms with Crippen molar-refractivity contribution in [3.05, 3.63) is 60.2 Å². The Hall–Kier alpha value is -3.49. The minimum Gasteiger partial charge on any atom is -0.449 e. The number of nitrogens with zero attached hydrogens (tertiary/aromatic N) is 5. The van der Waals surface area contributed by atoms with Crippen LogP contribution in [0, 0.1) is 0 Å². The fraction of sp³-hybridized carbons (Fsp3) is 0.188. The first-order valence-electron chi connectivity index (χ1n) is 7.73. The van der Waals surface area contributed by atoms with Crippen LogP contribution in [-0.2, 0) is 11.2 Å². The van der Waals surface area contributed by atoms with Gasteiger partial charge in [0.2, 0.25) is 5.82 Å². The Bertz CT molecular complexity index is 841. The first-order valence-corrected chi connectivity index (χ1v) is 7.73. The average Bonchev–Trinajstić information content (AvgIpc) is 3.31. The zero-order valence-electron chi connectivity index (χ0n) is 13.6. The Morgan fingerprint density at radius 3 is 2.84 bits per heavy atom. The summed E-state index contributed by atoms with van der Waals surface area (Å²) in [5, 5.41) is 16.0. The van der Waals surface area contributed by atoms with Gasteiger partial charge in [0, 0.05) is 18.3 Å². The number of amides is 1. The smallest absolute Gasteiger partial charge is 0.427 e. The van der Waals surface area contributed by atoms with Gasteiger partial charge in [-0.15, -0.1) is 5.10 Å². The Balaban J connectivity index is 1.93. The molecule has 128 valence electrons. The Morgan fingerprint density at radius 2 is 2.12 bits per heavy atom. The number of hydrazone groups is 1. The van der Waals surface area contributed by atoms with Crippen LogP contribution in [0.4, 0.5) is 4.79 Å². The monoisotopic (exact) mass is 339 g/mol. The quantitative estimate of drug-likeness (QED) is 0.524. The number of benzene rings is 1. The van der Waals surface area contributed by atoms with Crippen LogP contribution in [-0.4, -0.2) is 43.6 Å². The molecule has 9 nitrogen and oxygen atoms in total. The third-order valence-electron chi connectivity index (χ3n) is 3.31. The van der Waals surface area contributed by atoms with Gasteiger partial charge in [-0.25, -0.2) is 10.2 Å². The lowest BCUT2D eigenvalue weighted by Crippen LogP contribution is -2.23. The SMILES string of the molecule is CCOC(=O)N/N=C(/Cc1ccc[nH]1)c1nnnn1-c1ccccc1. The summed E-state index contributed by atoms with van der Waals surface area (Å²) in [6.45, 7) is 1.98. The summed E-state index contributed by atoms with van der Waals surface area (Å²) in [6, 6.07) is 13.2. The summed E-state index contributed by atoms with van der Waals surface area (Å²) in [6.07, 6.45) is 1.59. The van der Waals surface area contributed by atoms with Gasteiger partial charge in [0.25, 0.3) is 0 Å². The third kappa shape index (κ3) is 4.08. The number of H-pyrrole nitrogens is 1. The van der Waals surface area contributed by atoms with E-state index in [9.17, 15) is 4.79 Å². The molecule has 0 unspecified atom stereocenters. The van der Waals surface area contributed by atoms with E-state index < -0.39 is 6.09 Å². The maximum Gasteiger partial charge on any atom is 0.427 e. The van der Waals surface area contributed by atoms with Crippen molar-refractivity contribution >= 4 is 11.8 Å². The number of aromatic nitrogens is 5. The summed E-state index contributed by atoms with van der Waals surface area (Å²) in [5.74, 6) is 0.428. The molecule has 0 saturated heterocycles. The predicted molar refractivity (Wildman–Crippen MR) is 90.3 cm³/mol. The van der Waals surface area contributed by atoms with Crippen molar-refractivity contribution in [2.45, 2.75) is 13.3 Å². The van der Waals surface area contributed by atoms with Crippen molar-refractivity contribution in [3.63, 3.8) is 0 Å². The van der Waals surface area contributed by atoms with E-state index in [0.717, 1.165) is 11.4 Å². The first-order chi connectivity index (χ1) is 12.3. The molecule has 0 radical (unpaired) electrons. The number of para-hydroxylation sites is 1. The van der Waals surface area contributed by atoms with Gasteiger partial charge in [-0.2, -0.15) is 9.78 Å². The van der Waals surface area contributed by atoms with E-state index in [2.05, 4.69) is 31.0 Å². The van der Waals surface area contributed by atoms with Gasteiger partial charge in [-0.3, -0.25) is 0 Å². The second-order valence-electron chi connectivity index (χ2n) is 5.01. The van der Waals surface area contributed by atoms with Crippen molar-refractivity contribution in [3.8, 4) is 5.69 Å². The molecule has 0 aliphatic heterocycles. The molecule has 0 saturated carbocycles. The van der Waals surface area contributed by atoms with Crippen molar-refractivity contribution in [1.82, 2.24) is 30.6 Å². The molecule has 0 aliphatic carbocycles. The molecular weight excluding hydrogens is 322 g/mol. The number of carbonyl (C=O) groups is 1. The van der Waals surface area contributed by atoms with Crippen LogP contribution >= 0.6 is 0 Å². The fourth-order valence-corrected chi connectivity index (χ4v) is 2.21. The summed E-state index contributed by atoms with van der Waals surface area (Å²) in [4.78, 5) is 14.7. The van der Waals surface area contributed by atoms with Crippen molar-refractivity contribution in [2.75, 3.05) is 6.61 Å². The standard InChI is InChI=1S/C16H17N7O2/c1-2-25-16(24)20-18-14(11-12-7-6-10-17-12)15-19-21-22-23(15)13-8-4-3-5-9-13/h3-10,17H,2,11H2,1H3,(H,20,24)/b18-14-. The highest BCUT2D eigenvalue weighted by Crippen LogP contribution is 2.10. The zero-order chi connectivity index (χ0) is 17.5. The van der Waals surface area contributed by atoms with Gasteiger partial charge < -0.3 is 9.72 Å². The van der Waals surface area contributed by atoms with Crippen LogP contribution in [0.3, 0.4) is 0 Å². The highest BCUT2D eigenvalue weighted by atomic mass is 16.5. The molecule has 2 heterocycles. The average molecular weight is 339 g/mol. The first kappa shape index (κ1) is 16.4. The molecule has 2 aromatic heterocycles. The van der Waals surface area contributed by atoms with E-state index >= 15 is 0 Å². The lowest BCUT2D eigenvalue weighted by atomic mass is 10.2. The molecule has 25 heavy (non-hydrogen) atoms. The molecule has 3 rings (SSSR count). The van der Waals surface area contributed by atoms with Crippen LogP contribution < -0.4 is 5.43 Å². The molecule has 9 heteroatoms. The van der Waals surface area contributed by atoms with Crippen molar-refractivity contribution in [1.29, 1.82) is 0 Å². The summed E-state index contributed by atoms with van der Waals surface area (Å²) in [7, 11) is 0. The molecule has 0 bridgehead atoms. The van der Waals surface area contributed by atoms with Crippen LogP contribution in [0.25, 0.3) is 5.69 Å². The van der Waals surface area contributed by atoms with E-state index in [1.54, 1.807) is 11.6 Å². The molecule has 0 spiro atoms. The highest BCUT2D eigenvalue weighted by molar-refractivity contribution is 5.99. The summed E-state index contributed by atoms with van der Waals surface area (Å²) in [5.41, 5.74) is 4.56. The second-order valence-corrected chi connectivity index (χ2v) is 5.01. The fourth-order valence-electron chi connectivity index (χ4n) is 2.21. The number of ether oxygens (including phenoxy) is 1. The Kier molecular flexibility index (Phi) is 5.15. The maximum atomic E-state index is 11.6. The number of aromatic amines is 1. The van der Waals surface area contributed by atoms with E-state index in [1.165, 1.54) is 0 Å². The van der Waals surface area contributed by atoms with E-state index in [1.807, 2.05) is 48.7 Å². The van der Waals surface area contributed by atoms with Crippen LogP contribution in [0.5, 0.6) is 0 Å². The number of tetrazole rings is 1. The molecular formula is C16H17N7O2. The van der Waals surface area contributed by atoms with Crippen molar-refractivity contribution < 1.29 is 9.53 Å². The van der Waals surface area contributed by atoms with Crippen LogP contribution in [0.2, 0.25) is 0 Å². The van der Waals surface area contributed by atoms with Gasteiger partial charge >= 0.3 is 6.09 Å². The number of nitrogens with one attached hydrogen (secondary N) is 2. The predicted octanol–water partition coefficient (Wildman–Crippen LogP) is 1.68. The molecule has 1 aromatic carbocycles. The minimum absolute atomic E-state index is 0.259. The normalized spacial score (nSPS) is 11.3. The Morgan fingerprint density at radius 1 is 1.28 bits per heavy atom. The van der Waals surface area contributed by atoms with Gasteiger partial charge in [0.05, 0.1) is 12.3 Å². The van der Waals surface area contributed by atoms with E-state index in [0.29, 0.717) is 18.0 Å². The number of hydrogen-bond acceptors (Lipinski definition) is 6. The summed E-state index contributed by atoms with van der Waals surface area (Å²) < 4.78 is 6.40. The van der Waals surface area contributed by atoms with Crippen LogP contribution in [0.15, 0.2) is 53.8 Å². The second kappa shape index (κ2) is 7.86. The zero-order valence-corrected chi connectivity index (χ0v) is 13.6. The molecule has 0 aliphatic rings. The van der Waals surface area contributed by atoms with Crippen LogP contribution in [0.1, 0.15) is 18.4 Å². The Labute approximate surface area is 143 Å². The molecule has 2 N–H and O–H groups in total. The lowest BCUT2D eigenvalue weighted by molar-refractivity contribution is 0.152. The topological polar surface area (TPSA) is 110 Å². The molecule has 0 fully saturated rings. The number of hydrogen-bond donors (Lipinski definition) is 2. The van der Waals surface area contributed by atoms with Gasteiger partial charge in [0.15, 0.2) is 0 Å². The molecule has 1 amide bonds. The molecule has 0 atom stereocenters. The van der Waals surface area contributed by atoms with Crippen molar-refractivity contribution in [2.24, 2.45) is 5.10 Å². The lowest BCUT2D eigenvalue weighted by Gasteiger charge is -2.07. The largest absolute Gasteiger partial charge is 0.449 e. The number of rotatable bonds is 6. The molecule has 3 aromatic rings. The van der Waals surface area contributed by atoms with Gasteiger partial charge in [-0.05, 0) is 41.6 Å². The van der Waals surface area contributed by atoms with Gasteiger partial charge in [0.1, 0.15) is 5.71 Å². The minimum atomic E-state index is -0.634. The van der Waals surface area contributed by atoms with E-state index in [-0.39, 0.29) is 6.61 Å². The summed E-state index contributed by atoms with van der Waals surface area (Å²) >= 11 is 0. The van der Waals surface area contributed by atoms with E-state index in [4.69, 9.17) is 4.74 Å². The maximum absolute atomic E-state index is 11.6. The third-order valence-corrected chi connectivity index (χ3v) is 3.31. The van der Waals surface area contributed by atoms with Gasteiger partial charge in [-0.1, -0.05) is 18.2 Å². The number of carbonyl (C=O) groups excluding carboxylic acids is 1.